The zero-order valence-corrected chi connectivity index (χ0v) is 17.4. The van der Waals surface area contributed by atoms with Gasteiger partial charge in [0, 0.05) is 6.54 Å². The minimum absolute atomic E-state index is 0.0124. The van der Waals surface area contributed by atoms with Crippen LogP contribution in [0.15, 0.2) is 30.3 Å². The number of rotatable bonds is 7. The first-order chi connectivity index (χ1) is 14.1. The topological polar surface area (TPSA) is 122 Å². The van der Waals surface area contributed by atoms with Crippen molar-refractivity contribution in [3.63, 3.8) is 0 Å². The predicted molar refractivity (Wildman–Crippen MR) is 106 cm³/mol. The summed E-state index contributed by atoms with van der Waals surface area (Å²) in [7, 11) is 0. The van der Waals surface area contributed by atoms with Crippen molar-refractivity contribution in [3.05, 3.63) is 35.9 Å². The molecule has 2 N–H and O–H groups in total. The molecule has 0 aliphatic carbocycles. The zero-order chi connectivity index (χ0) is 22.3. The van der Waals surface area contributed by atoms with Gasteiger partial charge in [-0.05, 0) is 39.2 Å². The van der Waals surface area contributed by atoms with Crippen molar-refractivity contribution >= 4 is 23.9 Å². The number of amides is 2. The number of alkyl carbamates (subject to hydrolysis) is 1. The molecule has 1 saturated heterocycles. The lowest BCUT2D eigenvalue weighted by Gasteiger charge is -2.27. The molecule has 1 aliphatic rings. The van der Waals surface area contributed by atoms with E-state index in [4.69, 9.17) is 9.47 Å². The van der Waals surface area contributed by atoms with Crippen molar-refractivity contribution in [2.75, 3.05) is 6.54 Å². The molecule has 2 rings (SSSR count). The maximum atomic E-state index is 13.0. The molecule has 1 aromatic rings. The van der Waals surface area contributed by atoms with Gasteiger partial charge in [-0.25, -0.2) is 9.59 Å². The zero-order valence-electron chi connectivity index (χ0n) is 17.4. The summed E-state index contributed by atoms with van der Waals surface area (Å²) in [6.45, 7) is 5.28. The molecule has 9 nitrogen and oxygen atoms in total. The normalized spacial score (nSPS) is 17.2. The number of esters is 1. The first kappa shape index (κ1) is 23.2. The van der Waals surface area contributed by atoms with Gasteiger partial charge in [0.15, 0.2) is 0 Å². The Morgan fingerprint density at radius 3 is 2.47 bits per heavy atom. The van der Waals surface area contributed by atoms with Gasteiger partial charge in [-0.2, -0.15) is 0 Å². The van der Waals surface area contributed by atoms with Crippen LogP contribution in [0.5, 0.6) is 0 Å². The molecule has 30 heavy (non-hydrogen) atoms. The summed E-state index contributed by atoms with van der Waals surface area (Å²) in [4.78, 5) is 50.1. The van der Waals surface area contributed by atoms with Crippen LogP contribution in [0.3, 0.4) is 0 Å². The Kier molecular flexibility index (Phi) is 7.79. The number of nitrogens with zero attached hydrogens (tertiary/aromatic N) is 1. The van der Waals surface area contributed by atoms with Crippen LogP contribution < -0.4 is 5.32 Å². The third kappa shape index (κ3) is 7.06. The molecule has 0 spiro atoms. The molecule has 9 heteroatoms. The van der Waals surface area contributed by atoms with Crippen molar-refractivity contribution in [2.24, 2.45) is 0 Å². The van der Waals surface area contributed by atoms with Crippen LogP contribution in [-0.2, 0) is 30.5 Å². The van der Waals surface area contributed by atoms with Crippen LogP contribution in [0.25, 0.3) is 0 Å². The van der Waals surface area contributed by atoms with E-state index >= 15 is 0 Å². The van der Waals surface area contributed by atoms with E-state index in [1.54, 1.807) is 45.0 Å². The van der Waals surface area contributed by atoms with Gasteiger partial charge in [-0.1, -0.05) is 30.3 Å². The van der Waals surface area contributed by atoms with Crippen molar-refractivity contribution in [1.29, 1.82) is 0 Å². The van der Waals surface area contributed by atoms with Crippen molar-refractivity contribution in [1.82, 2.24) is 10.2 Å². The van der Waals surface area contributed by atoms with Crippen LogP contribution in [0, 0.1) is 0 Å². The van der Waals surface area contributed by atoms with Gasteiger partial charge in [0.1, 0.15) is 24.3 Å². The Balaban J connectivity index is 2.07. The summed E-state index contributed by atoms with van der Waals surface area (Å²) < 4.78 is 10.4. The highest BCUT2D eigenvalue weighted by Crippen LogP contribution is 2.20. The average molecular weight is 420 g/mol. The SMILES string of the molecule is CC(C)(C)OC(=O)C[C@H](NC(=O)OCc1ccccc1)C(=O)N1CCC[C@H]1C(=O)O. The molecule has 0 unspecified atom stereocenters. The Bertz CT molecular complexity index is 773. The standard InChI is InChI=1S/C21H28N2O7/c1-21(2,3)30-17(24)12-15(18(25)23-11-7-10-16(23)19(26)27)22-20(28)29-13-14-8-5-4-6-9-14/h4-6,8-9,15-16H,7,10-13H2,1-3H3,(H,22,28)(H,26,27)/t15-,16-/m0/s1. The number of hydrogen-bond acceptors (Lipinski definition) is 6. The summed E-state index contributed by atoms with van der Waals surface area (Å²) in [5, 5.41) is 11.7. The van der Waals surface area contributed by atoms with E-state index < -0.39 is 48.0 Å². The van der Waals surface area contributed by atoms with Gasteiger partial charge in [-0.3, -0.25) is 9.59 Å². The Hall–Kier alpha value is -3.10. The molecular formula is C21H28N2O7. The summed E-state index contributed by atoms with van der Waals surface area (Å²) in [5.74, 6) is -2.46. The molecular weight excluding hydrogens is 392 g/mol. The molecule has 0 bridgehead atoms. The lowest BCUT2D eigenvalue weighted by molar-refractivity contribution is -0.157. The van der Waals surface area contributed by atoms with Gasteiger partial charge >= 0.3 is 18.0 Å². The molecule has 0 saturated carbocycles. The number of aliphatic carboxylic acids is 1. The second kappa shape index (κ2) is 10.1. The molecule has 1 aliphatic heterocycles. The third-order valence-electron chi connectivity index (χ3n) is 4.41. The minimum Gasteiger partial charge on any atom is -0.480 e. The molecule has 0 aromatic heterocycles. The predicted octanol–water partition coefficient (Wildman–Crippen LogP) is 2.09. The fourth-order valence-electron chi connectivity index (χ4n) is 3.14. The summed E-state index contributed by atoms with van der Waals surface area (Å²) in [5.41, 5.74) is -0.0106. The van der Waals surface area contributed by atoms with Gasteiger partial charge < -0.3 is 24.8 Å². The monoisotopic (exact) mass is 420 g/mol. The number of carboxylic acid groups (broad SMARTS) is 1. The smallest absolute Gasteiger partial charge is 0.408 e. The molecule has 164 valence electrons. The second-order valence-electron chi connectivity index (χ2n) is 8.08. The quantitative estimate of drug-likeness (QED) is 0.648. The molecule has 2 amide bonds. The second-order valence-corrected chi connectivity index (χ2v) is 8.08. The number of hydrogen-bond donors (Lipinski definition) is 2. The van der Waals surface area contributed by atoms with Crippen molar-refractivity contribution in [3.8, 4) is 0 Å². The van der Waals surface area contributed by atoms with Gasteiger partial charge in [0.2, 0.25) is 5.91 Å². The van der Waals surface area contributed by atoms with Crippen LogP contribution in [0.4, 0.5) is 4.79 Å². The van der Waals surface area contributed by atoms with E-state index in [9.17, 15) is 24.3 Å². The van der Waals surface area contributed by atoms with E-state index in [2.05, 4.69) is 5.32 Å². The number of ether oxygens (including phenoxy) is 2. The van der Waals surface area contributed by atoms with E-state index in [0.717, 1.165) is 5.56 Å². The third-order valence-corrected chi connectivity index (χ3v) is 4.41. The lowest BCUT2D eigenvalue weighted by Crippen LogP contribution is -2.52. The highest BCUT2D eigenvalue weighted by Gasteiger charge is 2.39. The number of nitrogens with one attached hydrogen (secondary N) is 1. The number of carbonyl (C=O) groups is 4. The first-order valence-electron chi connectivity index (χ1n) is 9.79. The number of likely N-dealkylation sites (tertiary alicyclic amines) is 1. The maximum absolute atomic E-state index is 13.0. The summed E-state index contributed by atoms with van der Waals surface area (Å²) in [6, 6.07) is 6.70. The van der Waals surface area contributed by atoms with Crippen LogP contribution in [0.1, 0.15) is 45.6 Å². The van der Waals surface area contributed by atoms with Crippen molar-refractivity contribution in [2.45, 2.75) is 64.3 Å². The first-order valence-corrected chi connectivity index (χ1v) is 9.79. The minimum atomic E-state index is -1.29. The Morgan fingerprint density at radius 1 is 1.20 bits per heavy atom. The molecule has 1 fully saturated rings. The highest BCUT2D eigenvalue weighted by atomic mass is 16.6. The molecule has 0 radical (unpaired) electrons. The lowest BCUT2D eigenvalue weighted by atomic mass is 10.1. The van der Waals surface area contributed by atoms with E-state index in [1.807, 2.05) is 6.07 Å². The number of benzene rings is 1. The highest BCUT2D eigenvalue weighted by molar-refractivity contribution is 5.92. The van der Waals surface area contributed by atoms with Gasteiger partial charge in [0.25, 0.3) is 0 Å². The van der Waals surface area contributed by atoms with Gasteiger partial charge in [0.05, 0.1) is 6.42 Å². The van der Waals surface area contributed by atoms with Gasteiger partial charge in [-0.15, -0.1) is 0 Å². The summed E-state index contributed by atoms with van der Waals surface area (Å²) in [6.07, 6.45) is -0.468. The average Bonchev–Trinajstić information content (AvgIpc) is 3.15. The summed E-state index contributed by atoms with van der Waals surface area (Å²) >= 11 is 0. The Morgan fingerprint density at radius 2 is 1.87 bits per heavy atom. The molecule has 1 heterocycles. The van der Waals surface area contributed by atoms with E-state index in [0.29, 0.717) is 12.8 Å². The van der Waals surface area contributed by atoms with E-state index in [-0.39, 0.29) is 13.2 Å². The fraction of sp³-hybridized carbons (Fsp3) is 0.524. The maximum Gasteiger partial charge on any atom is 0.408 e. The number of carbonyl (C=O) groups excluding carboxylic acids is 3. The number of carboxylic acids is 1. The van der Waals surface area contributed by atoms with Crippen LogP contribution in [0.2, 0.25) is 0 Å². The van der Waals surface area contributed by atoms with E-state index in [1.165, 1.54) is 4.90 Å². The van der Waals surface area contributed by atoms with Crippen molar-refractivity contribution < 1.29 is 33.8 Å². The molecule has 1 aromatic carbocycles. The molecule has 2 atom stereocenters. The van der Waals surface area contributed by atoms with Crippen LogP contribution >= 0.6 is 0 Å². The van der Waals surface area contributed by atoms with Crippen LogP contribution in [-0.4, -0.2) is 58.2 Å². The fourth-order valence-corrected chi connectivity index (χ4v) is 3.14. The largest absolute Gasteiger partial charge is 0.480 e. The Labute approximate surface area is 175 Å².